The largest absolute Gasteiger partial charge is 0.318 e. The lowest BCUT2D eigenvalue weighted by atomic mass is 9.86. The van der Waals surface area contributed by atoms with E-state index >= 15 is 0 Å². The van der Waals surface area contributed by atoms with E-state index in [1.165, 1.54) is 11.1 Å². The predicted molar refractivity (Wildman–Crippen MR) is 84.5 cm³/mol. The maximum Gasteiger partial charge on any atom is 0.0237 e. The second kappa shape index (κ2) is 7.46. The molecule has 2 heteroatoms. The Labute approximate surface area is 118 Å². The van der Waals surface area contributed by atoms with Gasteiger partial charge in [-0.25, -0.2) is 0 Å². The average molecular weight is 260 g/mol. The van der Waals surface area contributed by atoms with E-state index in [2.05, 4.69) is 61.8 Å². The van der Waals surface area contributed by atoms with E-state index in [4.69, 9.17) is 0 Å². The molecule has 0 radical (unpaired) electrons. The van der Waals surface area contributed by atoms with Crippen LogP contribution >= 0.6 is 0 Å². The molecule has 106 valence electrons. The first-order valence-electron chi connectivity index (χ1n) is 7.04. The van der Waals surface area contributed by atoms with E-state index in [-0.39, 0.29) is 5.41 Å². The molecule has 0 atom stereocenters. The fourth-order valence-corrected chi connectivity index (χ4v) is 2.08. The number of nitrogens with one attached hydrogen (secondary N) is 1. The fraction of sp³-hybridized carbons (Fsp3) is 0.529. The highest BCUT2D eigenvalue weighted by Crippen LogP contribution is 2.23. The fourth-order valence-electron chi connectivity index (χ4n) is 2.08. The lowest BCUT2D eigenvalue weighted by Crippen LogP contribution is -2.30. The van der Waals surface area contributed by atoms with Crippen LogP contribution in [0.25, 0.3) is 0 Å². The molecule has 0 spiro atoms. The minimum Gasteiger partial charge on any atom is -0.318 e. The Morgan fingerprint density at radius 3 is 2.63 bits per heavy atom. The predicted octanol–water partition coefficient (Wildman–Crippen LogP) is 3.19. The second-order valence-corrected chi connectivity index (χ2v) is 6.08. The van der Waals surface area contributed by atoms with E-state index in [1.807, 2.05) is 13.1 Å². The van der Waals surface area contributed by atoms with Crippen molar-refractivity contribution >= 4 is 0 Å². The highest BCUT2D eigenvalue weighted by molar-refractivity contribution is 5.28. The third kappa shape index (κ3) is 5.58. The van der Waals surface area contributed by atoms with Crippen molar-refractivity contribution in [3.63, 3.8) is 0 Å². The number of hydrogen-bond acceptors (Lipinski definition) is 2. The van der Waals surface area contributed by atoms with Crippen molar-refractivity contribution in [1.29, 1.82) is 0 Å². The number of benzene rings is 1. The van der Waals surface area contributed by atoms with Gasteiger partial charge in [0.15, 0.2) is 0 Å². The van der Waals surface area contributed by atoms with E-state index in [0.29, 0.717) is 0 Å². The van der Waals surface area contributed by atoms with Crippen LogP contribution in [0.15, 0.2) is 36.9 Å². The zero-order valence-corrected chi connectivity index (χ0v) is 12.9. The zero-order chi connectivity index (χ0) is 14.3. The minimum atomic E-state index is 0.213. The smallest absolute Gasteiger partial charge is 0.0237 e. The maximum absolute atomic E-state index is 3.84. The van der Waals surface area contributed by atoms with Gasteiger partial charge < -0.3 is 5.32 Å². The summed E-state index contributed by atoms with van der Waals surface area (Å²) in [5, 5.41) is 3.20. The standard InChI is InChI=1S/C17H28N2/c1-6-11-19(12-10-18-5)14-15-8-7-9-16(13-15)17(2,3)4/h6-9,13,18H,1,10-12,14H2,2-5H3. The van der Waals surface area contributed by atoms with Gasteiger partial charge in [-0.05, 0) is 23.6 Å². The van der Waals surface area contributed by atoms with Gasteiger partial charge in [0, 0.05) is 26.2 Å². The molecule has 2 nitrogen and oxygen atoms in total. The van der Waals surface area contributed by atoms with Crippen LogP contribution in [0.1, 0.15) is 31.9 Å². The molecule has 0 aliphatic heterocycles. The lowest BCUT2D eigenvalue weighted by molar-refractivity contribution is 0.296. The van der Waals surface area contributed by atoms with Crippen molar-refractivity contribution in [3.8, 4) is 0 Å². The molecule has 0 heterocycles. The highest BCUT2D eigenvalue weighted by Gasteiger charge is 2.14. The third-order valence-electron chi connectivity index (χ3n) is 3.26. The van der Waals surface area contributed by atoms with Gasteiger partial charge in [-0.1, -0.05) is 51.1 Å². The van der Waals surface area contributed by atoms with Crippen LogP contribution in [-0.2, 0) is 12.0 Å². The molecule has 0 aliphatic rings. The summed E-state index contributed by atoms with van der Waals surface area (Å²) in [5.74, 6) is 0. The topological polar surface area (TPSA) is 15.3 Å². The van der Waals surface area contributed by atoms with Crippen molar-refractivity contribution < 1.29 is 0 Å². The number of rotatable bonds is 7. The zero-order valence-electron chi connectivity index (χ0n) is 12.9. The first kappa shape index (κ1) is 15.9. The normalized spacial score (nSPS) is 11.8. The van der Waals surface area contributed by atoms with Crippen molar-refractivity contribution in [2.45, 2.75) is 32.7 Å². The van der Waals surface area contributed by atoms with Crippen molar-refractivity contribution in [2.24, 2.45) is 0 Å². The van der Waals surface area contributed by atoms with Gasteiger partial charge in [-0.15, -0.1) is 6.58 Å². The average Bonchev–Trinajstić information content (AvgIpc) is 2.35. The molecular formula is C17H28N2. The van der Waals surface area contributed by atoms with Gasteiger partial charge in [-0.3, -0.25) is 4.90 Å². The molecule has 0 aromatic heterocycles. The van der Waals surface area contributed by atoms with Gasteiger partial charge in [0.2, 0.25) is 0 Å². The van der Waals surface area contributed by atoms with Crippen LogP contribution in [0.4, 0.5) is 0 Å². The summed E-state index contributed by atoms with van der Waals surface area (Å²) in [6.45, 7) is 14.6. The van der Waals surface area contributed by atoms with Crippen molar-refractivity contribution in [2.75, 3.05) is 26.7 Å². The van der Waals surface area contributed by atoms with E-state index in [9.17, 15) is 0 Å². The van der Waals surface area contributed by atoms with E-state index in [1.54, 1.807) is 0 Å². The van der Waals surface area contributed by atoms with Crippen LogP contribution in [0.2, 0.25) is 0 Å². The summed E-state index contributed by atoms with van der Waals surface area (Å²) in [6.07, 6.45) is 1.98. The molecule has 0 unspecified atom stereocenters. The minimum absolute atomic E-state index is 0.213. The highest BCUT2D eigenvalue weighted by atomic mass is 15.1. The third-order valence-corrected chi connectivity index (χ3v) is 3.26. The molecule has 19 heavy (non-hydrogen) atoms. The summed E-state index contributed by atoms with van der Waals surface area (Å²) in [4.78, 5) is 2.41. The molecule has 1 rings (SSSR count). The summed E-state index contributed by atoms with van der Waals surface area (Å²) in [7, 11) is 1.99. The Hall–Kier alpha value is -1.12. The van der Waals surface area contributed by atoms with Crippen molar-refractivity contribution in [1.82, 2.24) is 10.2 Å². The Kier molecular flexibility index (Phi) is 6.26. The monoisotopic (exact) mass is 260 g/mol. The number of nitrogens with zero attached hydrogens (tertiary/aromatic N) is 1. The molecule has 0 saturated carbocycles. The van der Waals surface area contributed by atoms with Crippen molar-refractivity contribution in [3.05, 3.63) is 48.0 Å². The number of likely N-dealkylation sites (N-methyl/N-ethyl adjacent to an activating group) is 1. The second-order valence-electron chi connectivity index (χ2n) is 6.08. The lowest BCUT2D eigenvalue weighted by Gasteiger charge is -2.23. The van der Waals surface area contributed by atoms with Gasteiger partial charge in [-0.2, -0.15) is 0 Å². The van der Waals surface area contributed by atoms with Crippen LogP contribution < -0.4 is 5.32 Å². The first-order chi connectivity index (χ1) is 8.97. The molecule has 1 aromatic carbocycles. The summed E-state index contributed by atoms with van der Waals surface area (Å²) in [5.41, 5.74) is 2.99. The van der Waals surface area contributed by atoms with Gasteiger partial charge >= 0.3 is 0 Å². The molecule has 0 aliphatic carbocycles. The van der Waals surface area contributed by atoms with Gasteiger partial charge in [0.1, 0.15) is 0 Å². The summed E-state index contributed by atoms with van der Waals surface area (Å²) >= 11 is 0. The van der Waals surface area contributed by atoms with Crippen LogP contribution in [0.5, 0.6) is 0 Å². The Morgan fingerprint density at radius 1 is 1.32 bits per heavy atom. The Morgan fingerprint density at radius 2 is 2.05 bits per heavy atom. The molecule has 0 bridgehead atoms. The van der Waals surface area contributed by atoms with E-state index in [0.717, 1.165) is 26.2 Å². The quantitative estimate of drug-likeness (QED) is 0.757. The van der Waals surface area contributed by atoms with Gasteiger partial charge in [0.05, 0.1) is 0 Å². The summed E-state index contributed by atoms with van der Waals surface area (Å²) < 4.78 is 0. The van der Waals surface area contributed by atoms with Gasteiger partial charge in [0.25, 0.3) is 0 Å². The van der Waals surface area contributed by atoms with Crippen LogP contribution in [0.3, 0.4) is 0 Å². The molecule has 1 aromatic rings. The Bertz CT molecular complexity index is 390. The number of hydrogen-bond donors (Lipinski definition) is 1. The van der Waals surface area contributed by atoms with Crippen LogP contribution in [0, 0.1) is 0 Å². The molecule has 0 amide bonds. The Balaban J connectivity index is 2.75. The molecule has 1 N–H and O–H groups in total. The SMILES string of the molecule is C=CCN(CCNC)Cc1cccc(C(C)(C)C)c1. The summed E-state index contributed by atoms with van der Waals surface area (Å²) in [6, 6.07) is 8.93. The van der Waals surface area contributed by atoms with Crippen LogP contribution in [-0.4, -0.2) is 31.6 Å². The maximum atomic E-state index is 3.84. The molecule has 0 fully saturated rings. The van der Waals surface area contributed by atoms with E-state index < -0.39 is 0 Å². The molecular weight excluding hydrogens is 232 g/mol. The first-order valence-corrected chi connectivity index (χ1v) is 7.04. The molecule has 0 saturated heterocycles.